The van der Waals surface area contributed by atoms with E-state index in [1.807, 2.05) is 0 Å². The maximum Gasteiger partial charge on any atom is 0.122 e. The van der Waals surface area contributed by atoms with E-state index in [0.29, 0.717) is 0 Å². The lowest BCUT2D eigenvalue weighted by atomic mass is 10.1. The molecule has 0 amide bonds. The van der Waals surface area contributed by atoms with E-state index in [2.05, 4.69) is 25.1 Å². The summed E-state index contributed by atoms with van der Waals surface area (Å²) in [4.78, 5) is 0. The highest BCUT2D eigenvalue weighted by Gasteiger charge is 2.41. The van der Waals surface area contributed by atoms with Crippen LogP contribution < -0.4 is 4.74 Å². The summed E-state index contributed by atoms with van der Waals surface area (Å²) >= 11 is 0. The molecular formula is C12H14O. The molecular weight excluding hydrogens is 160 g/mol. The van der Waals surface area contributed by atoms with Gasteiger partial charge in [-0.15, -0.1) is 0 Å². The van der Waals surface area contributed by atoms with E-state index in [1.165, 1.54) is 24.0 Å². The van der Waals surface area contributed by atoms with Crippen molar-refractivity contribution in [3.05, 3.63) is 29.3 Å². The van der Waals surface area contributed by atoms with Crippen LogP contribution in [0.2, 0.25) is 0 Å². The number of benzene rings is 1. The van der Waals surface area contributed by atoms with Crippen LogP contribution >= 0.6 is 0 Å². The first-order valence-corrected chi connectivity index (χ1v) is 5.08. The fourth-order valence-corrected chi connectivity index (χ4v) is 2.36. The zero-order valence-electron chi connectivity index (χ0n) is 7.92. The van der Waals surface area contributed by atoms with Gasteiger partial charge in [-0.25, -0.2) is 0 Å². The maximum atomic E-state index is 5.70. The topological polar surface area (TPSA) is 9.23 Å². The van der Waals surface area contributed by atoms with Crippen LogP contribution in [-0.2, 0) is 0 Å². The van der Waals surface area contributed by atoms with Gasteiger partial charge in [0.15, 0.2) is 0 Å². The van der Waals surface area contributed by atoms with Gasteiger partial charge in [-0.3, -0.25) is 0 Å². The molecule has 1 heteroatoms. The Morgan fingerprint density at radius 2 is 2.31 bits per heavy atom. The molecule has 0 radical (unpaired) electrons. The highest BCUT2D eigenvalue weighted by molar-refractivity contribution is 5.43. The highest BCUT2D eigenvalue weighted by Crippen LogP contribution is 2.53. The number of hydrogen-bond acceptors (Lipinski definition) is 1. The first-order chi connectivity index (χ1) is 6.34. The zero-order chi connectivity index (χ0) is 8.84. The SMILES string of the molecule is Cc1ccc2c(c1)[C@@H]1C[C@@H]1CCO2. The van der Waals surface area contributed by atoms with E-state index in [1.54, 1.807) is 0 Å². The van der Waals surface area contributed by atoms with Gasteiger partial charge in [-0.1, -0.05) is 17.7 Å². The predicted molar refractivity (Wildman–Crippen MR) is 52.1 cm³/mol. The zero-order valence-corrected chi connectivity index (χ0v) is 7.92. The van der Waals surface area contributed by atoms with Gasteiger partial charge in [0.2, 0.25) is 0 Å². The van der Waals surface area contributed by atoms with Crippen molar-refractivity contribution >= 4 is 0 Å². The van der Waals surface area contributed by atoms with Crippen LogP contribution in [0.3, 0.4) is 0 Å². The smallest absolute Gasteiger partial charge is 0.122 e. The van der Waals surface area contributed by atoms with Crippen molar-refractivity contribution in [3.63, 3.8) is 0 Å². The number of rotatable bonds is 0. The molecule has 1 aliphatic heterocycles. The summed E-state index contributed by atoms with van der Waals surface area (Å²) in [5.41, 5.74) is 2.82. The molecule has 3 rings (SSSR count). The third-order valence-corrected chi connectivity index (χ3v) is 3.23. The summed E-state index contributed by atoms with van der Waals surface area (Å²) in [6.07, 6.45) is 2.64. The van der Waals surface area contributed by atoms with Gasteiger partial charge < -0.3 is 4.74 Å². The summed E-state index contributed by atoms with van der Waals surface area (Å²) in [6.45, 7) is 3.07. The Balaban J connectivity index is 2.09. The largest absolute Gasteiger partial charge is 0.493 e. The first-order valence-electron chi connectivity index (χ1n) is 5.08. The molecule has 68 valence electrons. The number of hydrogen-bond donors (Lipinski definition) is 0. The van der Waals surface area contributed by atoms with Crippen molar-refractivity contribution in [1.29, 1.82) is 0 Å². The molecule has 1 aliphatic carbocycles. The van der Waals surface area contributed by atoms with Crippen molar-refractivity contribution in [2.24, 2.45) is 5.92 Å². The molecule has 13 heavy (non-hydrogen) atoms. The van der Waals surface area contributed by atoms with Crippen LogP contribution in [0, 0.1) is 12.8 Å². The second kappa shape index (κ2) is 2.50. The molecule has 2 atom stereocenters. The second-order valence-corrected chi connectivity index (χ2v) is 4.28. The Hall–Kier alpha value is -0.980. The third kappa shape index (κ3) is 1.14. The average molecular weight is 174 g/mol. The minimum absolute atomic E-state index is 0.817. The number of ether oxygens (including phenoxy) is 1. The third-order valence-electron chi connectivity index (χ3n) is 3.23. The first kappa shape index (κ1) is 7.43. The van der Waals surface area contributed by atoms with Crippen molar-refractivity contribution in [1.82, 2.24) is 0 Å². The molecule has 1 nitrogen and oxygen atoms in total. The van der Waals surface area contributed by atoms with E-state index < -0.39 is 0 Å². The summed E-state index contributed by atoms with van der Waals surface area (Å²) < 4.78 is 5.70. The molecule has 1 aromatic rings. The molecule has 1 aromatic carbocycles. The van der Waals surface area contributed by atoms with Crippen molar-refractivity contribution < 1.29 is 4.74 Å². The molecule has 2 aliphatic rings. The quantitative estimate of drug-likeness (QED) is 0.587. The minimum atomic E-state index is 0.817. The molecule has 0 bridgehead atoms. The molecule has 1 heterocycles. The van der Waals surface area contributed by atoms with Crippen LogP contribution in [0.15, 0.2) is 18.2 Å². The Morgan fingerprint density at radius 3 is 3.23 bits per heavy atom. The Bertz CT molecular complexity index is 343. The molecule has 0 N–H and O–H groups in total. The van der Waals surface area contributed by atoms with Crippen LogP contribution in [0.4, 0.5) is 0 Å². The minimum Gasteiger partial charge on any atom is -0.493 e. The summed E-state index contributed by atoms with van der Waals surface area (Å²) in [5.74, 6) is 2.87. The van der Waals surface area contributed by atoms with Crippen LogP contribution in [0.25, 0.3) is 0 Å². The van der Waals surface area contributed by atoms with Crippen LogP contribution in [-0.4, -0.2) is 6.61 Å². The van der Waals surface area contributed by atoms with Gasteiger partial charge in [0.25, 0.3) is 0 Å². The fourth-order valence-electron chi connectivity index (χ4n) is 2.36. The van der Waals surface area contributed by atoms with Crippen LogP contribution in [0.5, 0.6) is 5.75 Å². The summed E-state index contributed by atoms with van der Waals surface area (Å²) in [7, 11) is 0. The Labute approximate surface area is 78.7 Å². The van der Waals surface area contributed by atoms with Gasteiger partial charge >= 0.3 is 0 Å². The Kier molecular flexibility index (Phi) is 1.43. The second-order valence-electron chi connectivity index (χ2n) is 4.28. The normalized spacial score (nSPS) is 29.6. The van der Waals surface area contributed by atoms with Gasteiger partial charge in [-0.2, -0.15) is 0 Å². The average Bonchev–Trinajstić information content (AvgIpc) is 2.85. The van der Waals surface area contributed by atoms with E-state index in [0.717, 1.165) is 24.2 Å². The number of aryl methyl sites for hydroxylation is 1. The lowest BCUT2D eigenvalue weighted by Gasteiger charge is -2.08. The van der Waals surface area contributed by atoms with Gasteiger partial charge in [0.1, 0.15) is 5.75 Å². The molecule has 0 aromatic heterocycles. The molecule has 0 spiro atoms. The molecule has 0 unspecified atom stereocenters. The van der Waals surface area contributed by atoms with Gasteiger partial charge in [0.05, 0.1) is 6.61 Å². The number of fused-ring (bicyclic) bond motifs is 3. The van der Waals surface area contributed by atoms with Gasteiger partial charge in [-0.05, 0) is 43.2 Å². The van der Waals surface area contributed by atoms with E-state index in [4.69, 9.17) is 4.74 Å². The van der Waals surface area contributed by atoms with E-state index in [-0.39, 0.29) is 0 Å². The van der Waals surface area contributed by atoms with Crippen molar-refractivity contribution in [2.45, 2.75) is 25.7 Å². The van der Waals surface area contributed by atoms with Crippen molar-refractivity contribution in [3.8, 4) is 5.75 Å². The van der Waals surface area contributed by atoms with E-state index >= 15 is 0 Å². The maximum absolute atomic E-state index is 5.70. The van der Waals surface area contributed by atoms with Gasteiger partial charge in [0, 0.05) is 0 Å². The standard InChI is InChI=1S/C12H14O/c1-8-2-3-12-11(6-8)10-7-9(10)4-5-13-12/h2-3,6,9-10H,4-5,7H2,1H3/t9-,10+/m0/s1. The molecule has 1 fully saturated rings. The van der Waals surface area contributed by atoms with E-state index in [9.17, 15) is 0 Å². The molecule has 0 saturated heterocycles. The molecule has 1 saturated carbocycles. The predicted octanol–water partition coefficient (Wildman–Crippen LogP) is 2.88. The lowest BCUT2D eigenvalue weighted by Crippen LogP contribution is -1.96. The highest BCUT2D eigenvalue weighted by atomic mass is 16.5. The monoisotopic (exact) mass is 174 g/mol. The summed E-state index contributed by atoms with van der Waals surface area (Å²) in [5, 5.41) is 0. The Morgan fingerprint density at radius 1 is 1.38 bits per heavy atom. The summed E-state index contributed by atoms with van der Waals surface area (Å²) in [6, 6.07) is 6.57. The van der Waals surface area contributed by atoms with Crippen molar-refractivity contribution in [2.75, 3.05) is 6.61 Å². The lowest BCUT2D eigenvalue weighted by molar-refractivity contribution is 0.308. The fraction of sp³-hybridized carbons (Fsp3) is 0.500. The van der Waals surface area contributed by atoms with Crippen LogP contribution in [0.1, 0.15) is 29.9 Å².